The maximum atomic E-state index is 5.16. The molecular weight excluding hydrogens is 170 g/mol. The summed E-state index contributed by atoms with van der Waals surface area (Å²) in [6.07, 6.45) is 15.4. The fraction of sp³-hybridized carbons (Fsp3) is 0.846. The van der Waals surface area contributed by atoms with Gasteiger partial charge in [-0.3, -0.25) is 0 Å². The molecular formula is C13H25N. The summed E-state index contributed by atoms with van der Waals surface area (Å²) < 4.78 is 0. The summed E-state index contributed by atoms with van der Waals surface area (Å²) in [5.74, 6) is 2.65. The SMILES string of the molecule is C#CCCCNCCCCCCCC. The van der Waals surface area contributed by atoms with Crippen LogP contribution in [0.5, 0.6) is 0 Å². The maximum absolute atomic E-state index is 5.16. The maximum Gasteiger partial charge on any atom is 0.00981 e. The van der Waals surface area contributed by atoms with Crippen LogP contribution in [0, 0.1) is 12.3 Å². The van der Waals surface area contributed by atoms with Gasteiger partial charge in [0.15, 0.2) is 0 Å². The van der Waals surface area contributed by atoms with E-state index in [0.29, 0.717) is 0 Å². The summed E-state index contributed by atoms with van der Waals surface area (Å²) in [4.78, 5) is 0. The van der Waals surface area contributed by atoms with Gasteiger partial charge in [0, 0.05) is 6.42 Å². The van der Waals surface area contributed by atoms with Crippen molar-refractivity contribution in [2.24, 2.45) is 0 Å². The quantitative estimate of drug-likeness (QED) is 0.416. The van der Waals surface area contributed by atoms with E-state index in [0.717, 1.165) is 25.9 Å². The number of terminal acetylenes is 1. The van der Waals surface area contributed by atoms with Crippen molar-refractivity contribution in [1.82, 2.24) is 5.32 Å². The van der Waals surface area contributed by atoms with Crippen molar-refractivity contribution in [2.75, 3.05) is 13.1 Å². The second kappa shape index (κ2) is 12.5. The highest BCUT2D eigenvalue weighted by molar-refractivity contribution is 4.83. The van der Waals surface area contributed by atoms with Crippen LogP contribution < -0.4 is 5.32 Å². The lowest BCUT2D eigenvalue weighted by Gasteiger charge is -2.03. The molecule has 0 spiro atoms. The standard InChI is InChI=1S/C13H25N/c1-3-5-7-8-9-11-13-14-12-10-6-4-2/h2,14H,3,5-13H2,1H3. The third-order valence-electron chi connectivity index (χ3n) is 2.38. The monoisotopic (exact) mass is 195 g/mol. The summed E-state index contributed by atoms with van der Waals surface area (Å²) in [5, 5.41) is 3.42. The lowest BCUT2D eigenvalue weighted by Crippen LogP contribution is -2.16. The summed E-state index contributed by atoms with van der Waals surface area (Å²) in [7, 11) is 0. The Morgan fingerprint density at radius 1 is 0.929 bits per heavy atom. The average Bonchev–Trinajstić information content (AvgIpc) is 2.21. The third kappa shape index (κ3) is 11.5. The Balaban J connectivity index is 2.82. The van der Waals surface area contributed by atoms with Crippen LogP contribution in [0.2, 0.25) is 0 Å². The van der Waals surface area contributed by atoms with Gasteiger partial charge >= 0.3 is 0 Å². The number of rotatable bonds is 10. The molecule has 0 bridgehead atoms. The Morgan fingerprint density at radius 2 is 1.57 bits per heavy atom. The van der Waals surface area contributed by atoms with E-state index in [-0.39, 0.29) is 0 Å². The molecule has 0 atom stereocenters. The second-order valence-corrected chi connectivity index (χ2v) is 3.83. The molecule has 0 radical (unpaired) electrons. The van der Waals surface area contributed by atoms with E-state index in [2.05, 4.69) is 18.2 Å². The van der Waals surface area contributed by atoms with Crippen LogP contribution in [0.3, 0.4) is 0 Å². The Hall–Kier alpha value is -0.480. The van der Waals surface area contributed by atoms with Gasteiger partial charge in [-0.25, -0.2) is 0 Å². The van der Waals surface area contributed by atoms with Crippen molar-refractivity contribution in [3.8, 4) is 12.3 Å². The van der Waals surface area contributed by atoms with Crippen LogP contribution >= 0.6 is 0 Å². The van der Waals surface area contributed by atoms with Gasteiger partial charge in [-0.2, -0.15) is 0 Å². The topological polar surface area (TPSA) is 12.0 Å². The summed E-state index contributed by atoms with van der Waals surface area (Å²) in [6.45, 7) is 4.50. The minimum absolute atomic E-state index is 0.906. The molecule has 1 nitrogen and oxygen atoms in total. The molecule has 0 aliphatic rings. The van der Waals surface area contributed by atoms with E-state index in [9.17, 15) is 0 Å². The molecule has 0 rings (SSSR count). The zero-order valence-corrected chi connectivity index (χ0v) is 9.65. The minimum atomic E-state index is 0.906. The van der Waals surface area contributed by atoms with Crippen LogP contribution in [0.25, 0.3) is 0 Å². The van der Waals surface area contributed by atoms with Crippen molar-refractivity contribution < 1.29 is 0 Å². The predicted molar refractivity (Wildman–Crippen MR) is 64.3 cm³/mol. The smallest absolute Gasteiger partial charge is 0.00981 e. The largest absolute Gasteiger partial charge is 0.317 e. The molecule has 0 saturated carbocycles. The Labute approximate surface area is 89.7 Å². The van der Waals surface area contributed by atoms with Crippen molar-refractivity contribution in [1.29, 1.82) is 0 Å². The lowest BCUT2D eigenvalue weighted by molar-refractivity contribution is 0.567. The van der Waals surface area contributed by atoms with E-state index in [1.165, 1.54) is 38.5 Å². The highest BCUT2D eigenvalue weighted by Crippen LogP contribution is 2.03. The van der Waals surface area contributed by atoms with Gasteiger partial charge in [-0.05, 0) is 25.9 Å². The van der Waals surface area contributed by atoms with E-state index in [1.807, 2.05) is 0 Å². The molecule has 0 unspecified atom stereocenters. The van der Waals surface area contributed by atoms with Crippen molar-refractivity contribution >= 4 is 0 Å². The molecule has 14 heavy (non-hydrogen) atoms. The Kier molecular flexibility index (Phi) is 12.1. The number of nitrogens with one attached hydrogen (secondary N) is 1. The molecule has 0 aromatic rings. The zero-order chi connectivity index (χ0) is 10.5. The molecule has 82 valence electrons. The first-order chi connectivity index (χ1) is 6.91. The molecule has 0 amide bonds. The van der Waals surface area contributed by atoms with Crippen LogP contribution in [0.1, 0.15) is 58.3 Å². The molecule has 1 heteroatoms. The van der Waals surface area contributed by atoms with Gasteiger partial charge in [0.25, 0.3) is 0 Å². The van der Waals surface area contributed by atoms with Gasteiger partial charge in [0.2, 0.25) is 0 Å². The first-order valence-corrected chi connectivity index (χ1v) is 6.06. The highest BCUT2D eigenvalue weighted by atomic mass is 14.8. The first-order valence-electron chi connectivity index (χ1n) is 6.06. The molecule has 0 aromatic carbocycles. The Bertz CT molecular complexity index is 135. The van der Waals surface area contributed by atoms with Crippen LogP contribution in [-0.4, -0.2) is 13.1 Å². The molecule has 0 aliphatic heterocycles. The average molecular weight is 195 g/mol. The predicted octanol–water partition coefficient (Wildman–Crippen LogP) is 3.35. The van der Waals surface area contributed by atoms with Crippen LogP contribution in [-0.2, 0) is 0 Å². The molecule has 0 aromatic heterocycles. The summed E-state index contributed by atoms with van der Waals surface area (Å²) >= 11 is 0. The van der Waals surface area contributed by atoms with Gasteiger partial charge < -0.3 is 5.32 Å². The van der Waals surface area contributed by atoms with E-state index < -0.39 is 0 Å². The fourth-order valence-electron chi connectivity index (χ4n) is 1.47. The van der Waals surface area contributed by atoms with Gasteiger partial charge in [-0.1, -0.05) is 39.0 Å². The van der Waals surface area contributed by atoms with Crippen molar-refractivity contribution in [2.45, 2.75) is 58.3 Å². The van der Waals surface area contributed by atoms with Gasteiger partial charge in [0.1, 0.15) is 0 Å². The molecule has 0 saturated heterocycles. The van der Waals surface area contributed by atoms with Gasteiger partial charge in [0.05, 0.1) is 0 Å². The zero-order valence-electron chi connectivity index (χ0n) is 9.65. The second-order valence-electron chi connectivity index (χ2n) is 3.83. The van der Waals surface area contributed by atoms with Gasteiger partial charge in [-0.15, -0.1) is 12.3 Å². The third-order valence-corrected chi connectivity index (χ3v) is 2.38. The molecule has 1 N–H and O–H groups in total. The van der Waals surface area contributed by atoms with E-state index in [1.54, 1.807) is 0 Å². The number of unbranched alkanes of at least 4 members (excludes halogenated alkanes) is 6. The summed E-state index contributed by atoms with van der Waals surface area (Å²) in [6, 6.07) is 0. The van der Waals surface area contributed by atoms with Crippen molar-refractivity contribution in [3.05, 3.63) is 0 Å². The fourth-order valence-corrected chi connectivity index (χ4v) is 1.47. The van der Waals surface area contributed by atoms with E-state index >= 15 is 0 Å². The number of hydrogen-bond donors (Lipinski definition) is 1. The van der Waals surface area contributed by atoms with E-state index in [4.69, 9.17) is 6.42 Å². The first kappa shape index (κ1) is 13.5. The summed E-state index contributed by atoms with van der Waals surface area (Å²) in [5.41, 5.74) is 0. The molecule has 0 heterocycles. The normalized spacial score (nSPS) is 10.0. The van der Waals surface area contributed by atoms with Crippen molar-refractivity contribution in [3.63, 3.8) is 0 Å². The molecule has 0 aliphatic carbocycles. The highest BCUT2D eigenvalue weighted by Gasteiger charge is 1.90. The molecule has 0 fully saturated rings. The van der Waals surface area contributed by atoms with Crippen LogP contribution in [0.15, 0.2) is 0 Å². The Morgan fingerprint density at radius 3 is 2.29 bits per heavy atom. The number of hydrogen-bond acceptors (Lipinski definition) is 1. The van der Waals surface area contributed by atoms with Crippen LogP contribution in [0.4, 0.5) is 0 Å². The minimum Gasteiger partial charge on any atom is -0.317 e. The lowest BCUT2D eigenvalue weighted by atomic mass is 10.1.